The summed E-state index contributed by atoms with van der Waals surface area (Å²) in [7, 11) is 0. The second kappa shape index (κ2) is 8.46. The van der Waals surface area contributed by atoms with Gasteiger partial charge >= 0.3 is 0 Å². The molecule has 0 radical (unpaired) electrons. The van der Waals surface area contributed by atoms with E-state index in [9.17, 15) is 0 Å². The Morgan fingerprint density at radius 1 is 1.05 bits per heavy atom. The number of hydrogen-bond donors (Lipinski definition) is 1. The van der Waals surface area contributed by atoms with Crippen molar-refractivity contribution in [2.45, 2.75) is 58.3 Å². The van der Waals surface area contributed by atoms with Crippen LogP contribution >= 0.6 is 0 Å². The number of nitrogens with two attached hydrogens (primary N) is 1. The van der Waals surface area contributed by atoms with E-state index in [0.717, 1.165) is 24.3 Å². The lowest BCUT2D eigenvalue weighted by molar-refractivity contribution is 0.165. The average molecular weight is 273 g/mol. The maximum absolute atomic E-state index is 6.00. The van der Waals surface area contributed by atoms with Crippen LogP contribution in [-0.4, -0.2) is 6.54 Å². The molecule has 1 fully saturated rings. The van der Waals surface area contributed by atoms with Crippen molar-refractivity contribution in [3.05, 3.63) is 35.9 Å². The van der Waals surface area contributed by atoms with Gasteiger partial charge in [0.15, 0.2) is 0 Å². The number of benzene rings is 1. The molecule has 1 aliphatic rings. The van der Waals surface area contributed by atoms with Gasteiger partial charge in [-0.2, -0.15) is 0 Å². The molecule has 0 aliphatic heterocycles. The molecule has 1 aromatic carbocycles. The van der Waals surface area contributed by atoms with E-state index in [1.54, 1.807) is 0 Å². The van der Waals surface area contributed by atoms with E-state index < -0.39 is 0 Å². The lowest BCUT2D eigenvalue weighted by Gasteiger charge is -2.36. The molecule has 0 bridgehead atoms. The Bertz CT molecular complexity index is 359. The molecule has 1 aromatic rings. The van der Waals surface area contributed by atoms with Gasteiger partial charge in [-0.05, 0) is 62.0 Å². The Labute approximate surface area is 125 Å². The van der Waals surface area contributed by atoms with Crippen molar-refractivity contribution in [1.82, 2.24) is 0 Å². The zero-order chi connectivity index (χ0) is 14.2. The Kier molecular flexibility index (Phi) is 6.59. The summed E-state index contributed by atoms with van der Waals surface area (Å²) in [5, 5.41) is 0. The predicted molar refractivity (Wildman–Crippen MR) is 87.7 cm³/mol. The summed E-state index contributed by atoms with van der Waals surface area (Å²) < 4.78 is 0. The van der Waals surface area contributed by atoms with Gasteiger partial charge in [-0.3, -0.25) is 0 Å². The lowest BCUT2D eigenvalue weighted by atomic mass is 9.71. The van der Waals surface area contributed by atoms with Crippen LogP contribution in [0.3, 0.4) is 0 Å². The van der Waals surface area contributed by atoms with Crippen molar-refractivity contribution in [3.8, 4) is 0 Å². The van der Waals surface area contributed by atoms with Crippen LogP contribution in [0.25, 0.3) is 0 Å². The van der Waals surface area contributed by atoms with Crippen LogP contribution in [-0.2, 0) is 6.42 Å². The molecule has 0 spiro atoms. The monoisotopic (exact) mass is 273 g/mol. The van der Waals surface area contributed by atoms with Crippen molar-refractivity contribution in [2.24, 2.45) is 23.5 Å². The maximum Gasteiger partial charge on any atom is -0.00462 e. The Morgan fingerprint density at radius 2 is 1.85 bits per heavy atom. The fourth-order valence-corrected chi connectivity index (χ4v) is 3.97. The minimum atomic E-state index is 0.791. The summed E-state index contributed by atoms with van der Waals surface area (Å²) in [6, 6.07) is 10.9. The molecule has 2 N–H and O–H groups in total. The molecule has 1 aliphatic carbocycles. The van der Waals surface area contributed by atoms with Gasteiger partial charge in [0.2, 0.25) is 0 Å². The zero-order valence-corrected chi connectivity index (χ0v) is 13.1. The predicted octanol–water partition coefficient (Wildman–Crippen LogP) is 4.80. The van der Waals surface area contributed by atoms with Gasteiger partial charge in [-0.15, -0.1) is 0 Å². The van der Waals surface area contributed by atoms with Crippen molar-refractivity contribution in [3.63, 3.8) is 0 Å². The van der Waals surface area contributed by atoms with Gasteiger partial charge in [-0.1, -0.05) is 56.5 Å². The van der Waals surface area contributed by atoms with E-state index in [4.69, 9.17) is 5.73 Å². The first kappa shape index (κ1) is 15.6. The van der Waals surface area contributed by atoms with Crippen molar-refractivity contribution in [2.75, 3.05) is 6.54 Å². The molecule has 112 valence electrons. The SMILES string of the molecule is CCCC1CCC(CN)C(CCCc2ccccc2)C1. The van der Waals surface area contributed by atoms with Crippen LogP contribution in [0.4, 0.5) is 0 Å². The highest BCUT2D eigenvalue weighted by Crippen LogP contribution is 2.38. The van der Waals surface area contributed by atoms with Crippen molar-refractivity contribution < 1.29 is 0 Å². The van der Waals surface area contributed by atoms with E-state index in [-0.39, 0.29) is 0 Å². The summed E-state index contributed by atoms with van der Waals surface area (Å²) in [6.07, 6.45) is 10.9. The molecule has 1 nitrogen and oxygen atoms in total. The minimum Gasteiger partial charge on any atom is -0.330 e. The molecule has 0 aromatic heterocycles. The van der Waals surface area contributed by atoms with Gasteiger partial charge in [0, 0.05) is 0 Å². The van der Waals surface area contributed by atoms with E-state index in [1.165, 1.54) is 56.9 Å². The van der Waals surface area contributed by atoms with Crippen molar-refractivity contribution in [1.29, 1.82) is 0 Å². The third-order valence-corrected chi connectivity index (χ3v) is 5.13. The van der Waals surface area contributed by atoms with E-state index in [1.807, 2.05) is 0 Å². The third kappa shape index (κ3) is 4.63. The maximum atomic E-state index is 6.00. The number of rotatable bonds is 7. The fraction of sp³-hybridized carbons (Fsp3) is 0.684. The Hall–Kier alpha value is -0.820. The molecule has 1 heteroatoms. The largest absolute Gasteiger partial charge is 0.330 e. The van der Waals surface area contributed by atoms with Gasteiger partial charge in [-0.25, -0.2) is 0 Å². The van der Waals surface area contributed by atoms with E-state index >= 15 is 0 Å². The average Bonchev–Trinajstić information content (AvgIpc) is 2.49. The number of hydrogen-bond acceptors (Lipinski definition) is 1. The molecule has 20 heavy (non-hydrogen) atoms. The highest BCUT2D eigenvalue weighted by Gasteiger charge is 2.28. The van der Waals surface area contributed by atoms with Crippen LogP contribution in [0.2, 0.25) is 0 Å². The standard InChI is InChI=1S/C19H31N/c1-2-7-17-12-13-19(15-20)18(14-17)11-6-10-16-8-4-3-5-9-16/h3-5,8-9,17-19H,2,6-7,10-15,20H2,1H3. The molecule has 3 atom stereocenters. The fourth-order valence-electron chi connectivity index (χ4n) is 3.97. The minimum absolute atomic E-state index is 0.791. The lowest BCUT2D eigenvalue weighted by Crippen LogP contribution is -2.30. The van der Waals surface area contributed by atoms with Gasteiger partial charge in [0.05, 0.1) is 0 Å². The normalized spacial score (nSPS) is 26.6. The van der Waals surface area contributed by atoms with Crippen LogP contribution in [0.5, 0.6) is 0 Å². The third-order valence-electron chi connectivity index (χ3n) is 5.13. The second-order valence-electron chi connectivity index (χ2n) is 6.60. The summed E-state index contributed by atoms with van der Waals surface area (Å²) in [5.74, 6) is 2.65. The molecule has 2 rings (SSSR count). The molecule has 1 saturated carbocycles. The van der Waals surface area contributed by atoms with Crippen LogP contribution in [0.1, 0.15) is 57.4 Å². The van der Waals surface area contributed by atoms with E-state index in [0.29, 0.717) is 0 Å². The molecule has 3 unspecified atom stereocenters. The number of aryl methyl sites for hydroxylation is 1. The van der Waals surface area contributed by atoms with Gasteiger partial charge in [0.25, 0.3) is 0 Å². The topological polar surface area (TPSA) is 26.0 Å². The molecular weight excluding hydrogens is 242 g/mol. The van der Waals surface area contributed by atoms with Crippen LogP contribution < -0.4 is 5.73 Å². The highest BCUT2D eigenvalue weighted by molar-refractivity contribution is 5.14. The quantitative estimate of drug-likeness (QED) is 0.758. The van der Waals surface area contributed by atoms with Gasteiger partial charge < -0.3 is 5.73 Å². The first-order valence-corrected chi connectivity index (χ1v) is 8.57. The summed E-state index contributed by atoms with van der Waals surface area (Å²) >= 11 is 0. The summed E-state index contributed by atoms with van der Waals surface area (Å²) in [6.45, 7) is 3.22. The highest BCUT2D eigenvalue weighted by atomic mass is 14.6. The molecular formula is C19H31N. The van der Waals surface area contributed by atoms with Crippen LogP contribution in [0, 0.1) is 17.8 Å². The summed E-state index contributed by atoms with van der Waals surface area (Å²) in [4.78, 5) is 0. The van der Waals surface area contributed by atoms with E-state index in [2.05, 4.69) is 37.3 Å². The Morgan fingerprint density at radius 3 is 2.55 bits per heavy atom. The smallest absolute Gasteiger partial charge is 0.00462 e. The first-order chi connectivity index (χ1) is 9.83. The summed E-state index contributed by atoms with van der Waals surface area (Å²) in [5.41, 5.74) is 7.48. The molecule has 0 amide bonds. The zero-order valence-electron chi connectivity index (χ0n) is 13.1. The van der Waals surface area contributed by atoms with Crippen LogP contribution in [0.15, 0.2) is 30.3 Å². The molecule has 0 heterocycles. The first-order valence-electron chi connectivity index (χ1n) is 8.57. The second-order valence-corrected chi connectivity index (χ2v) is 6.60. The van der Waals surface area contributed by atoms with Crippen molar-refractivity contribution >= 4 is 0 Å². The van der Waals surface area contributed by atoms with Gasteiger partial charge in [0.1, 0.15) is 0 Å². The molecule has 0 saturated heterocycles. The Balaban J connectivity index is 1.79.